The molecule has 1 saturated carbocycles. The first-order valence-corrected chi connectivity index (χ1v) is 9.57. The quantitative estimate of drug-likeness (QED) is 0.251. The van der Waals surface area contributed by atoms with E-state index in [9.17, 15) is 13.6 Å². The molecule has 2 rings (SSSR count). The largest absolute Gasteiger partial charge is 0.397 e. The van der Waals surface area contributed by atoms with Crippen LogP contribution in [0, 0.1) is 23.2 Å². The van der Waals surface area contributed by atoms with E-state index in [1.165, 1.54) is 6.20 Å². The van der Waals surface area contributed by atoms with Crippen molar-refractivity contribution < 1.29 is 18.4 Å². The minimum absolute atomic E-state index is 0.170. The van der Waals surface area contributed by atoms with Crippen LogP contribution in [-0.4, -0.2) is 41.9 Å². The number of allylic oxidation sites excluding steroid dienone is 1. The van der Waals surface area contributed by atoms with Crippen molar-refractivity contribution in [3.8, 4) is 11.8 Å². The number of amides is 1. The number of oxime groups is 1. The molecule has 1 amide bonds. The van der Waals surface area contributed by atoms with E-state index in [0.717, 1.165) is 12.8 Å². The Labute approximate surface area is 178 Å². The van der Waals surface area contributed by atoms with Crippen molar-refractivity contribution in [2.45, 2.75) is 39.2 Å². The van der Waals surface area contributed by atoms with Crippen LogP contribution in [0.4, 0.5) is 8.78 Å². The zero-order valence-electron chi connectivity index (χ0n) is 16.5. The predicted octanol–water partition coefficient (Wildman–Crippen LogP) is 2.87. The molecule has 1 heterocycles. The Kier molecular flexibility index (Phi) is 8.30. The first kappa shape index (κ1) is 23.3. The summed E-state index contributed by atoms with van der Waals surface area (Å²) < 4.78 is 25.5. The summed E-state index contributed by atoms with van der Waals surface area (Å²) in [5.74, 6) is 5.58. The zero-order chi connectivity index (χ0) is 22.3. The molecule has 7 nitrogen and oxygen atoms in total. The van der Waals surface area contributed by atoms with Gasteiger partial charge in [0, 0.05) is 23.9 Å². The van der Waals surface area contributed by atoms with Crippen LogP contribution in [0.5, 0.6) is 0 Å². The van der Waals surface area contributed by atoms with Crippen LogP contribution in [0.1, 0.15) is 37.9 Å². The lowest BCUT2D eigenvalue weighted by Gasteiger charge is -2.12. The molecule has 160 valence electrons. The van der Waals surface area contributed by atoms with Crippen LogP contribution in [0.15, 0.2) is 28.7 Å². The highest BCUT2D eigenvalue weighted by atomic mass is 35.5. The molecular weight excluding hydrogens is 416 g/mol. The molecule has 10 heteroatoms. The number of nitrogens with zero attached hydrogens (tertiary/aromatic N) is 2. The number of hydrogen-bond acceptors (Lipinski definition) is 6. The van der Waals surface area contributed by atoms with Gasteiger partial charge in [0.05, 0.1) is 22.8 Å². The SMILES string of the molecule is CC(C)O/N=C(/CNC(=O)C(C=N)=C(N)C(F)F)c1ncc(C#CC2CC2)cc1Cl. The minimum Gasteiger partial charge on any atom is -0.397 e. The molecule has 1 fully saturated rings. The van der Waals surface area contributed by atoms with Crippen molar-refractivity contribution in [3.05, 3.63) is 39.8 Å². The minimum atomic E-state index is -3.06. The van der Waals surface area contributed by atoms with Gasteiger partial charge in [-0.25, -0.2) is 8.78 Å². The molecule has 1 aliphatic carbocycles. The Balaban J connectivity index is 2.23. The highest BCUT2D eigenvalue weighted by molar-refractivity contribution is 6.34. The van der Waals surface area contributed by atoms with E-state index in [-0.39, 0.29) is 29.1 Å². The summed E-state index contributed by atoms with van der Waals surface area (Å²) in [5, 5.41) is 13.8. The van der Waals surface area contributed by atoms with Gasteiger partial charge >= 0.3 is 0 Å². The molecule has 0 bridgehead atoms. The standard InChI is InChI=1S/C20H22ClF2N5O2/c1-11(2)30-28-16(10-27-20(29)14(8-24)17(25)19(22)23)18-15(21)7-13(9-26-18)6-5-12-3-4-12/h7-9,11-12,19,24H,3-4,10,25H2,1-2H3,(H,27,29)/b17-14?,24-8?,28-16-. The lowest BCUT2D eigenvalue weighted by atomic mass is 10.1. The number of alkyl halides is 2. The third-order valence-electron chi connectivity index (χ3n) is 3.84. The number of rotatable bonds is 8. The lowest BCUT2D eigenvalue weighted by Crippen LogP contribution is -2.34. The maximum Gasteiger partial charge on any atom is 0.278 e. The number of carbonyl (C=O) groups excluding carboxylic acids is 1. The Morgan fingerprint density at radius 2 is 2.23 bits per heavy atom. The Hall–Kier alpha value is -2.99. The average Bonchev–Trinajstić information content (AvgIpc) is 3.51. The van der Waals surface area contributed by atoms with Crippen LogP contribution in [-0.2, 0) is 9.63 Å². The fourth-order valence-corrected chi connectivity index (χ4v) is 2.39. The van der Waals surface area contributed by atoms with E-state index >= 15 is 0 Å². The second kappa shape index (κ2) is 10.7. The van der Waals surface area contributed by atoms with E-state index in [4.69, 9.17) is 27.6 Å². The molecule has 0 aliphatic heterocycles. The van der Waals surface area contributed by atoms with Gasteiger partial charge in [-0.15, -0.1) is 0 Å². The molecule has 0 saturated heterocycles. The summed E-state index contributed by atoms with van der Waals surface area (Å²) in [6.07, 6.45) is 0.863. The van der Waals surface area contributed by atoms with Gasteiger partial charge in [0.1, 0.15) is 17.5 Å². The monoisotopic (exact) mass is 437 g/mol. The average molecular weight is 438 g/mol. The number of carbonyl (C=O) groups is 1. The third-order valence-corrected chi connectivity index (χ3v) is 4.13. The smallest absolute Gasteiger partial charge is 0.278 e. The van der Waals surface area contributed by atoms with Crippen molar-refractivity contribution in [1.29, 1.82) is 5.41 Å². The number of halogens is 3. The second-order valence-corrected chi connectivity index (χ2v) is 7.19. The van der Waals surface area contributed by atoms with Crippen molar-refractivity contribution in [2.24, 2.45) is 16.8 Å². The van der Waals surface area contributed by atoms with Crippen molar-refractivity contribution >= 4 is 29.4 Å². The van der Waals surface area contributed by atoms with Gasteiger partial charge in [-0.3, -0.25) is 9.78 Å². The highest BCUT2D eigenvalue weighted by Crippen LogP contribution is 2.27. The molecule has 30 heavy (non-hydrogen) atoms. The van der Waals surface area contributed by atoms with E-state index in [2.05, 4.69) is 27.3 Å². The molecule has 0 unspecified atom stereocenters. The molecule has 1 aromatic rings. The number of nitrogens with one attached hydrogen (secondary N) is 2. The maximum absolute atomic E-state index is 12.8. The van der Waals surface area contributed by atoms with Gasteiger partial charge in [-0.05, 0) is 32.8 Å². The second-order valence-electron chi connectivity index (χ2n) is 6.79. The van der Waals surface area contributed by atoms with Crippen LogP contribution in [0.3, 0.4) is 0 Å². The van der Waals surface area contributed by atoms with Gasteiger partial charge in [-0.2, -0.15) is 0 Å². The molecule has 1 aliphatic rings. The molecule has 4 N–H and O–H groups in total. The summed E-state index contributed by atoms with van der Waals surface area (Å²) in [7, 11) is 0. The summed E-state index contributed by atoms with van der Waals surface area (Å²) in [4.78, 5) is 21.7. The van der Waals surface area contributed by atoms with Crippen LogP contribution >= 0.6 is 11.6 Å². The molecule has 0 atom stereocenters. The van der Waals surface area contributed by atoms with Gasteiger partial charge in [-0.1, -0.05) is 28.6 Å². The van der Waals surface area contributed by atoms with Gasteiger partial charge in [0.15, 0.2) is 0 Å². The topological polar surface area (TPSA) is 113 Å². The summed E-state index contributed by atoms with van der Waals surface area (Å²) in [5.41, 5.74) is 4.63. The van der Waals surface area contributed by atoms with Crippen molar-refractivity contribution in [1.82, 2.24) is 10.3 Å². The van der Waals surface area contributed by atoms with E-state index < -0.39 is 23.6 Å². The summed E-state index contributed by atoms with van der Waals surface area (Å²) in [6, 6.07) is 1.63. The number of pyridine rings is 1. The van der Waals surface area contributed by atoms with E-state index in [0.29, 0.717) is 17.7 Å². The van der Waals surface area contributed by atoms with Crippen LogP contribution in [0.25, 0.3) is 0 Å². The van der Waals surface area contributed by atoms with E-state index in [1.54, 1.807) is 19.9 Å². The fourth-order valence-electron chi connectivity index (χ4n) is 2.12. The normalized spacial score (nSPS) is 14.7. The Morgan fingerprint density at radius 3 is 2.77 bits per heavy atom. The summed E-state index contributed by atoms with van der Waals surface area (Å²) >= 11 is 6.32. The number of nitrogens with two attached hydrogens (primary N) is 1. The Bertz CT molecular complexity index is 931. The molecule has 0 radical (unpaired) electrons. The highest BCUT2D eigenvalue weighted by Gasteiger charge is 2.20. The summed E-state index contributed by atoms with van der Waals surface area (Å²) in [6.45, 7) is 3.27. The van der Waals surface area contributed by atoms with Gasteiger partial charge in [0.2, 0.25) is 0 Å². The molecular formula is C20H22ClF2N5O2. The van der Waals surface area contributed by atoms with Crippen LogP contribution in [0.2, 0.25) is 5.02 Å². The molecule has 1 aromatic heterocycles. The number of aromatic nitrogens is 1. The molecule has 0 aromatic carbocycles. The fraction of sp³-hybridized carbons (Fsp3) is 0.400. The first-order chi connectivity index (χ1) is 14.2. The predicted molar refractivity (Wildman–Crippen MR) is 111 cm³/mol. The van der Waals surface area contributed by atoms with Gasteiger partial charge < -0.3 is 21.3 Å². The third kappa shape index (κ3) is 6.81. The molecule has 0 spiro atoms. The maximum atomic E-state index is 12.8. The van der Waals surface area contributed by atoms with Crippen molar-refractivity contribution in [2.75, 3.05) is 6.54 Å². The first-order valence-electron chi connectivity index (χ1n) is 9.19. The van der Waals surface area contributed by atoms with Gasteiger partial charge in [0.25, 0.3) is 12.3 Å². The number of hydrogen-bond donors (Lipinski definition) is 3. The van der Waals surface area contributed by atoms with Crippen molar-refractivity contribution in [3.63, 3.8) is 0 Å². The zero-order valence-corrected chi connectivity index (χ0v) is 17.3. The lowest BCUT2D eigenvalue weighted by molar-refractivity contribution is -0.116. The Morgan fingerprint density at radius 1 is 1.53 bits per heavy atom. The van der Waals surface area contributed by atoms with Crippen LogP contribution < -0.4 is 11.1 Å². The van der Waals surface area contributed by atoms with E-state index in [1.807, 2.05) is 0 Å².